The van der Waals surface area contributed by atoms with Crippen LogP contribution in [0.15, 0.2) is 41.7 Å². The number of H-pyrrole nitrogens is 1. The molecule has 10 nitrogen and oxygen atoms in total. The monoisotopic (exact) mass is 397 g/mol. The van der Waals surface area contributed by atoms with E-state index in [1.54, 1.807) is 36.5 Å². The van der Waals surface area contributed by atoms with E-state index < -0.39 is 11.8 Å². The molecule has 150 valence electrons. The summed E-state index contributed by atoms with van der Waals surface area (Å²) in [5.41, 5.74) is 3.99. The average Bonchev–Trinajstić information content (AvgIpc) is 3.24. The highest BCUT2D eigenvalue weighted by Gasteiger charge is 2.38. The zero-order valence-corrected chi connectivity index (χ0v) is 15.7. The van der Waals surface area contributed by atoms with E-state index in [0.717, 1.165) is 5.39 Å². The molecule has 4 rings (SSSR count). The highest BCUT2D eigenvalue weighted by Crippen LogP contribution is 2.28. The molecule has 4 heterocycles. The number of esters is 1. The van der Waals surface area contributed by atoms with Crippen LogP contribution in [0, 0.1) is 0 Å². The number of hydrogen-bond acceptors (Lipinski definition) is 8. The Morgan fingerprint density at radius 1 is 1.45 bits per heavy atom. The van der Waals surface area contributed by atoms with Crippen LogP contribution >= 0.6 is 0 Å². The SMILES string of the molecule is CCOC(=O)C1=C(NN2CCNC(=O)C2)OC(=Cc2c[nH]c3ncccc23)C1=O. The number of hydrazine groups is 1. The van der Waals surface area contributed by atoms with Crippen LogP contribution in [0.4, 0.5) is 0 Å². The standard InChI is InChI=1S/C19H19N5O5/c1-2-28-19(27)15-16(26)13(8-11-9-22-17-12(11)4-3-5-21-17)29-18(15)23-24-7-6-20-14(25)10-24/h3-5,8-9,23H,2,6-7,10H2,1H3,(H,20,25)(H,21,22). The van der Waals surface area contributed by atoms with Crippen molar-refractivity contribution in [3.05, 3.63) is 47.3 Å². The number of ketones is 1. The number of aromatic nitrogens is 2. The predicted octanol–water partition coefficient (Wildman–Crippen LogP) is 0.214. The Morgan fingerprint density at radius 2 is 2.31 bits per heavy atom. The van der Waals surface area contributed by atoms with Gasteiger partial charge in [0.05, 0.1) is 13.2 Å². The number of pyridine rings is 1. The number of allylic oxidation sites excluding steroid dienone is 1. The van der Waals surface area contributed by atoms with Crippen molar-refractivity contribution in [1.82, 2.24) is 25.7 Å². The number of fused-ring (bicyclic) bond motifs is 1. The zero-order valence-electron chi connectivity index (χ0n) is 15.7. The van der Waals surface area contributed by atoms with E-state index in [1.165, 1.54) is 0 Å². The number of hydrogen-bond donors (Lipinski definition) is 3. The summed E-state index contributed by atoms with van der Waals surface area (Å²) < 4.78 is 10.7. The molecular weight excluding hydrogens is 378 g/mol. The molecule has 1 fully saturated rings. The molecule has 0 aromatic carbocycles. The van der Waals surface area contributed by atoms with Gasteiger partial charge in [0, 0.05) is 36.4 Å². The van der Waals surface area contributed by atoms with E-state index in [9.17, 15) is 14.4 Å². The van der Waals surface area contributed by atoms with E-state index in [-0.39, 0.29) is 36.3 Å². The van der Waals surface area contributed by atoms with E-state index in [4.69, 9.17) is 9.47 Å². The van der Waals surface area contributed by atoms with Gasteiger partial charge in [0.1, 0.15) is 5.65 Å². The molecule has 2 aromatic heterocycles. The number of piperazine rings is 1. The first-order chi connectivity index (χ1) is 14.1. The molecule has 2 aromatic rings. The molecule has 0 spiro atoms. The lowest BCUT2D eigenvalue weighted by Crippen LogP contribution is -2.53. The second-order valence-corrected chi connectivity index (χ2v) is 6.39. The second-order valence-electron chi connectivity index (χ2n) is 6.39. The highest BCUT2D eigenvalue weighted by atomic mass is 16.5. The lowest BCUT2D eigenvalue weighted by atomic mass is 10.1. The smallest absolute Gasteiger partial charge is 0.347 e. The third-order valence-electron chi connectivity index (χ3n) is 4.44. The quantitative estimate of drug-likeness (QED) is 0.372. The van der Waals surface area contributed by atoms with Crippen molar-refractivity contribution in [2.24, 2.45) is 0 Å². The Kier molecular flexibility index (Phi) is 5.00. The van der Waals surface area contributed by atoms with Crippen molar-refractivity contribution in [2.45, 2.75) is 6.92 Å². The first-order valence-electron chi connectivity index (χ1n) is 9.13. The maximum absolute atomic E-state index is 12.9. The van der Waals surface area contributed by atoms with Gasteiger partial charge < -0.3 is 19.8 Å². The number of nitrogens with zero attached hydrogens (tertiary/aromatic N) is 2. The predicted molar refractivity (Wildman–Crippen MR) is 102 cm³/mol. The Balaban J connectivity index is 1.64. The molecule has 1 saturated heterocycles. The molecule has 29 heavy (non-hydrogen) atoms. The summed E-state index contributed by atoms with van der Waals surface area (Å²) in [6, 6.07) is 3.64. The number of Topliss-reactive ketones (excluding diaryl/α,β-unsaturated/α-hetero) is 1. The van der Waals surface area contributed by atoms with E-state index in [1.807, 2.05) is 6.07 Å². The highest BCUT2D eigenvalue weighted by molar-refractivity contribution is 6.26. The van der Waals surface area contributed by atoms with Crippen LogP contribution < -0.4 is 10.7 Å². The fraction of sp³-hybridized carbons (Fsp3) is 0.263. The third kappa shape index (κ3) is 3.69. The number of carbonyl (C=O) groups excluding carboxylic acids is 3. The Labute approximate surface area is 165 Å². The first kappa shape index (κ1) is 18.7. The lowest BCUT2D eigenvalue weighted by molar-refractivity contribution is -0.139. The van der Waals surface area contributed by atoms with E-state index >= 15 is 0 Å². The molecule has 10 heteroatoms. The maximum atomic E-state index is 12.9. The van der Waals surface area contributed by atoms with Crippen LogP contribution in [0.3, 0.4) is 0 Å². The summed E-state index contributed by atoms with van der Waals surface area (Å²) >= 11 is 0. The van der Waals surface area contributed by atoms with Crippen molar-refractivity contribution < 1.29 is 23.9 Å². The first-order valence-corrected chi connectivity index (χ1v) is 9.13. The van der Waals surface area contributed by atoms with Crippen molar-refractivity contribution >= 4 is 34.8 Å². The number of rotatable bonds is 5. The molecule has 0 unspecified atom stereocenters. The van der Waals surface area contributed by atoms with Crippen LogP contribution in [0.5, 0.6) is 0 Å². The number of amides is 1. The Morgan fingerprint density at radius 3 is 3.10 bits per heavy atom. The van der Waals surface area contributed by atoms with Gasteiger partial charge in [-0.1, -0.05) is 0 Å². The van der Waals surface area contributed by atoms with Gasteiger partial charge in [-0.05, 0) is 25.1 Å². The van der Waals surface area contributed by atoms with Gasteiger partial charge in [0.25, 0.3) is 0 Å². The third-order valence-corrected chi connectivity index (χ3v) is 4.44. The van der Waals surface area contributed by atoms with Gasteiger partial charge in [-0.3, -0.25) is 15.0 Å². The van der Waals surface area contributed by atoms with Gasteiger partial charge in [-0.25, -0.2) is 14.8 Å². The fourth-order valence-electron chi connectivity index (χ4n) is 3.11. The zero-order chi connectivity index (χ0) is 20.4. The summed E-state index contributed by atoms with van der Waals surface area (Å²) in [6.07, 6.45) is 4.90. The number of aromatic amines is 1. The molecular formula is C19H19N5O5. The Bertz CT molecular complexity index is 1050. The summed E-state index contributed by atoms with van der Waals surface area (Å²) in [5.74, 6) is -1.63. The minimum Gasteiger partial charge on any atom is -0.462 e. The van der Waals surface area contributed by atoms with Gasteiger partial charge in [-0.2, -0.15) is 0 Å². The molecule has 2 aliphatic heterocycles. The van der Waals surface area contributed by atoms with Crippen LogP contribution in [0.2, 0.25) is 0 Å². The minimum atomic E-state index is -0.787. The van der Waals surface area contributed by atoms with Gasteiger partial charge in [0.2, 0.25) is 17.6 Å². The molecule has 1 amide bonds. The summed E-state index contributed by atoms with van der Waals surface area (Å²) in [6.45, 7) is 2.74. The van der Waals surface area contributed by atoms with Gasteiger partial charge >= 0.3 is 5.97 Å². The topological polar surface area (TPSA) is 126 Å². The summed E-state index contributed by atoms with van der Waals surface area (Å²) in [5, 5.41) is 5.08. The minimum absolute atomic E-state index is 0.0261. The summed E-state index contributed by atoms with van der Waals surface area (Å²) in [7, 11) is 0. The van der Waals surface area contributed by atoms with E-state index in [2.05, 4.69) is 20.7 Å². The average molecular weight is 397 g/mol. The largest absolute Gasteiger partial charge is 0.462 e. The van der Waals surface area contributed by atoms with Gasteiger partial charge in [-0.15, -0.1) is 0 Å². The fourth-order valence-corrected chi connectivity index (χ4v) is 3.11. The van der Waals surface area contributed by atoms with Crippen molar-refractivity contribution in [3.8, 4) is 0 Å². The van der Waals surface area contributed by atoms with Crippen molar-refractivity contribution in [1.29, 1.82) is 0 Å². The maximum Gasteiger partial charge on any atom is 0.347 e. The molecule has 0 aliphatic carbocycles. The molecule has 3 N–H and O–H groups in total. The van der Waals surface area contributed by atoms with Crippen LogP contribution in [0.25, 0.3) is 17.1 Å². The molecule has 0 radical (unpaired) electrons. The van der Waals surface area contributed by atoms with Crippen molar-refractivity contribution in [3.63, 3.8) is 0 Å². The summed E-state index contributed by atoms with van der Waals surface area (Å²) in [4.78, 5) is 44.1. The van der Waals surface area contributed by atoms with Crippen LogP contribution in [0.1, 0.15) is 12.5 Å². The molecule has 0 saturated carbocycles. The number of ether oxygens (including phenoxy) is 2. The van der Waals surface area contributed by atoms with Gasteiger partial charge in [0.15, 0.2) is 11.3 Å². The molecule has 2 aliphatic rings. The number of nitrogens with one attached hydrogen (secondary N) is 3. The molecule has 0 atom stereocenters. The van der Waals surface area contributed by atoms with Crippen LogP contribution in [-0.4, -0.2) is 58.9 Å². The number of carbonyl (C=O) groups is 3. The normalized spacial score (nSPS) is 18.9. The lowest BCUT2D eigenvalue weighted by Gasteiger charge is -2.27. The Hall–Kier alpha value is -3.66. The van der Waals surface area contributed by atoms with Crippen LogP contribution in [-0.2, 0) is 23.9 Å². The molecule has 0 bridgehead atoms. The van der Waals surface area contributed by atoms with Crippen molar-refractivity contribution in [2.75, 3.05) is 26.2 Å². The second kappa shape index (κ2) is 7.76. The van der Waals surface area contributed by atoms with E-state index in [0.29, 0.717) is 24.3 Å².